The molecule has 0 fully saturated rings. The van der Waals surface area contributed by atoms with Crippen molar-refractivity contribution in [2.45, 2.75) is 6.92 Å². The Balaban J connectivity index is 1.72. The van der Waals surface area contributed by atoms with Crippen LogP contribution in [0.25, 0.3) is 6.08 Å². The number of furan rings is 1. The summed E-state index contributed by atoms with van der Waals surface area (Å²) >= 11 is 3.38. The van der Waals surface area contributed by atoms with Gasteiger partial charge >= 0.3 is 0 Å². The van der Waals surface area contributed by atoms with Crippen molar-refractivity contribution in [3.63, 3.8) is 0 Å². The molecule has 2 rings (SSSR count). The lowest BCUT2D eigenvalue weighted by molar-refractivity contribution is -0.128. The maximum Gasteiger partial charge on any atom is 0.276 e. The molecule has 0 atom stereocenters. The molecule has 0 aliphatic rings. The number of carbonyl (C=O) groups is 2. The zero-order valence-electron chi connectivity index (χ0n) is 12.3. The second kappa shape index (κ2) is 8.19. The number of hydrogen-bond acceptors (Lipinski definition) is 4. The number of carbonyl (C=O) groups excluding carboxylic acids is 2. The van der Waals surface area contributed by atoms with Gasteiger partial charge in [0, 0.05) is 10.5 Å². The van der Waals surface area contributed by atoms with E-state index in [0.29, 0.717) is 11.5 Å². The SMILES string of the molecule is Cc1cc(OCC(=O)NNC(=O)/C=C/c2ccco2)ccc1Br. The predicted octanol–water partition coefficient (Wildman–Crippen LogP) is 2.59. The molecule has 0 saturated carbocycles. The van der Waals surface area contributed by atoms with Crippen LogP contribution in [0.4, 0.5) is 0 Å². The van der Waals surface area contributed by atoms with Gasteiger partial charge < -0.3 is 9.15 Å². The lowest BCUT2D eigenvalue weighted by Gasteiger charge is -2.08. The third-order valence-corrected chi connectivity index (χ3v) is 3.66. The van der Waals surface area contributed by atoms with Gasteiger partial charge in [-0.15, -0.1) is 0 Å². The number of benzene rings is 1. The number of amides is 2. The van der Waals surface area contributed by atoms with E-state index in [-0.39, 0.29) is 6.61 Å². The molecular formula is C16H15BrN2O4. The highest BCUT2D eigenvalue weighted by Gasteiger charge is 2.05. The highest BCUT2D eigenvalue weighted by Crippen LogP contribution is 2.21. The summed E-state index contributed by atoms with van der Waals surface area (Å²) in [6.07, 6.45) is 4.24. The van der Waals surface area contributed by atoms with Crippen molar-refractivity contribution in [2.75, 3.05) is 6.61 Å². The van der Waals surface area contributed by atoms with Gasteiger partial charge in [0.05, 0.1) is 6.26 Å². The number of aryl methyl sites for hydroxylation is 1. The fraction of sp³-hybridized carbons (Fsp3) is 0.125. The summed E-state index contributed by atoms with van der Waals surface area (Å²) in [6.45, 7) is 1.71. The van der Waals surface area contributed by atoms with Crippen LogP contribution in [0, 0.1) is 6.92 Å². The van der Waals surface area contributed by atoms with Gasteiger partial charge in [-0.3, -0.25) is 20.4 Å². The molecule has 1 aromatic heterocycles. The van der Waals surface area contributed by atoms with Crippen LogP contribution in [0.1, 0.15) is 11.3 Å². The summed E-state index contributed by atoms with van der Waals surface area (Å²) < 4.78 is 11.3. The normalized spacial score (nSPS) is 10.5. The standard InChI is InChI=1S/C16H15BrN2O4/c1-11-9-13(4-6-14(11)17)23-10-16(21)19-18-15(20)7-5-12-3-2-8-22-12/h2-9H,10H2,1H3,(H,18,20)(H,19,21)/b7-5+. The van der Waals surface area contributed by atoms with Gasteiger partial charge in [-0.2, -0.15) is 0 Å². The molecule has 0 spiro atoms. The van der Waals surface area contributed by atoms with Crippen molar-refractivity contribution >= 4 is 33.8 Å². The molecule has 7 heteroatoms. The molecule has 2 aromatic rings. The van der Waals surface area contributed by atoms with Crippen molar-refractivity contribution in [3.8, 4) is 5.75 Å². The zero-order chi connectivity index (χ0) is 16.7. The molecule has 0 unspecified atom stereocenters. The Morgan fingerprint density at radius 1 is 1.30 bits per heavy atom. The Labute approximate surface area is 141 Å². The molecular weight excluding hydrogens is 364 g/mol. The summed E-state index contributed by atoms with van der Waals surface area (Å²) in [5.74, 6) is 0.171. The summed E-state index contributed by atoms with van der Waals surface area (Å²) in [6, 6.07) is 8.80. The first-order valence-electron chi connectivity index (χ1n) is 6.74. The van der Waals surface area contributed by atoms with E-state index in [1.54, 1.807) is 18.2 Å². The lowest BCUT2D eigenvalue weighted by Crippen LogP contribution is -2.43. The van der Waals surface area contributed by atoms with Gasteiger partial charge in [0.1, 0.15) is 11.5 Å². The molecule has 2 amide bonds. The molecule has 23 heavy (non-hydrogen) atoms. The smallest absolute Gasteiger partial charge is 0.276 e. The molecule has 0 radical (unpaired) electrons. The second-order valence-electron chi connectivity index (χ2n) is 4.59. The van der Waals surface area contributed by atoms with Gasteiger partial charge in [-0.05, 0) is 48.9 Å². The minimum atomic E-state index is -0.478. The minimum absolute atomic E-state index is 0.205. The zero-order valence-corrected chi connectivity index (χ0v) is 13.9. The first-order chi connectivity index (χ1) is 11.0. The van der Waals surface area contributed by atoms with E-state index in [2.05, 4.69) is 26.8 Å². The van der Waals surface area contributed by atoms with Crippen molar-refractivity contribution < 1.29 is 18.7 Å². The quantitative estimate of drug-likeness (QED) is 0.618. The van der Waals surface area contributed by atoms with Crippen LogP contribution in [0.3, 0.4) is 0 Å². The van der Waals surface area contributed by atoms with Crippen LogP contribution in [0.5, 0.6) is 5.75 Å². The third kappa shape index (κ3) is 5.63. The fourth-order valence-electron chi connectivity index (χ4n) is 1.61. The van der Waals surface area contributed by atoms with Crippen LogP contribution in [0.2, 0.25) is 0 Å². The molecule has 2 N–H and O–H groups in total. The Kier molecular flexibility index (Phi) is 5.99. The third-order valence-electron chi connectivity index (χ3n) is 2.77. The minimum Gasteiger partial charge on any atom is -0.484 e. The first kappa shape index (κ1) is 16.8. The van der Waals surface area contributed by atoms with E-state index in [4.69, 9.17) is 9.15 Å². The van der Waals surface area contributed by atoms with Crippen molar-refractivity contribution in [1.29, 1.82) is 0 Å². The van der Waals surface area contributed by atoms with Gasteiger partial charge in [-0.1, -0.05) is 15.9 Å². The van der Waals surface area contributed by atoms with Crippen LogP contribution in [0.15, 0.2) is 51.6 Å². The summed E-state index contributed by atoms with van der Waals surface area (Å²) in [5, 5.41) is 0. The fourth-order valence-corrected chi connectivity index (χ4v) is 1.86. The second-order valence-corrected chi connectivity index (χ2v) is 5.44. The molecule has 0 bridgehead atoms. The van der Waals surface area contributed by atoms with Gasteiger partial charge in [0.15, 0.2) is 6.61 Å². The average molecular weight is 379 g/mol. The molecule has 6 nitrogen and oxygen atoms in total. The van der Waals surface area contributed by atoms with Crippen LogP contribution in [-0.4, -0.2) is 18.4 Å². The Morgan fingerprint density at radius 2 is 2.13 bits per heavy atom. The van der Waals surface area contributed by atoms with E-state index >= 15 is 0 Å². The average Bonchev–Trinajstić information content (AvgIpc) is 3.05. The van der Waals surface area contributed by atoms with Gasteiger partial charge in [0.2, 0.25) is 0 Å². The molecule has 120 valence electrons. The number of hydrazine groups is 1. The predicted molar refractivity (Wildman–Crippen MR) is 88.4 cm³/mol. The van der Waals surface area contributed by atoms with Crippen molar-refractivity contribution in [3.05, 3.63) is 58.5 Å². The van der Waals surface area contributed by atoms with Gasteiger partial charge in [-0.25, -0.2) is 0 Å². The maximum absolute atomic E-state index is 11.6. The molecule has 1 aromatic carbocycles. The van der Waals surface area contributed by atoms with Crippen molar-refractivity contribution in [1.82, 2.24) is 10.9 Å². The van der Waals surface area contributed by atoms with E-state index in [1.165, 1.54) is 18.4 Å². The lowest BCUT2D eigenvalue weighted by atomic mass is 10.2. The first-order valence-corrected chi connectivity index (χ1v) is 7.53. The summed E-state index contributed by atoms with van der Waals surface area (Å²) in [4.78, 5) is 23.1. The Morgan fingerprint density at radius 3 is 2.83 bits per heavy atom. The number of rotatable bonds is 5. The van der Waals surface area contributed by atoms with Crippen LogP contribution < -0.4 is 15.6 Å². The monoisotopic (exact) mass is 378 g/mol. The number of halogens is 1. The molecule has 1 heterocycles. The van der Waals surface area contributed by atoms with Gasteiger partial charge in [0.25, 0.3) is 11.8 Å². The number of nitrogens with one attached hydrogen (secondary N) is 2. The van der Waals surface area contributed by atoms with Crippen LogP contribution in [-0.2, 0) is 9.59 Å². The van der Waals surface area contributed by atoms with E-state index < -0.39 is 11.8 Å². The largest absolute Gasteiger partial charge is 0.484 e. The number of hydrogen-bond donors (Lipinski definition) is 2. The Bertz CT molecular complexity index is 711. The maximum atomic E-state index is 11.6. The Hall–Kier alpha value is -2.54. The van der Waals surface area contributed by atoms with Crippen LogP contribution >= 0.6 is 15.9 Å². The topological polar surface area (TPSA) is 80.6 Å². The summed E-state index contributed by atoms with van der Waals surface area (Å²) in [5.41, 5.74) is 5.50. The van der Waals surface area contributed by atoms with Crippen molar-refractivity contribution in [2.24, 2.45) is 0 Å². The van der Waals surface area contributed by atoms with E-state index in [9.17, 15) is 9.59 Å². The number of ether oxygens (including phenoxy) is 1. The van der Waals surface area contributed by atoms with E-state index in [0.717, 1.165) is 10.0 Å². The highest BCUT2D eigenvalue weighted by atomic mass is 79.9. The van der Waals surface area contributed by atoms with E-state index in [1.807, 2.05) is 19.1 Å². The molecule has 0 saturated heterocycles. The highest BCUT2D eigenvalue weighted by molar-refractivity contribution is 9.10. The molecule has 0 aliphatic heterocycles. The summed E-state index contributed by atoms with van der Waals surface area (Å²) in [7, 11) is 0. The molecule has 0 aliphatic carbocycles.